The van der Waals surface area contributed by atoms with Crippen molar-refractivity contribution in [3.8, 4) is 0 Å². The van der Waals surface area contributed by atoms with Crippen LogP contribution in [0.4, 0.5) is 0 Å². The van der Waals surface area contributed by atoms with Gasteiger partial charge in [0.1, 0.15) is 0 Å². The van der Waals surface area contributed by atoms with E-state index in [0.717, 1.165) is 32.1 Å². The van der Waals surface area contributed by atoms with Gasteiger partial charge in [-0.3, -0.25) is 14.9 Å². The first-order valence-corrected chi connectivity index (χ1v) is 9.15. The normalized spacial score (nSPS) is 13.2. The van der Waals surface area contributed by atoms with Crippen molar-refractivity contribution in [2.45, 2.75) is 58.3 Å². The quantitative estimate of drug-likeness (QED) is 0.152. The molecule has 0 rings (SSSR count). The fourth-order valence-electron chi connectivity index (χ4n) is 1.98. The predicted octanol–water partition coefficient (Wildman–Crippen LogP) is 6.18. The Morgan fingerprint density at radius 3 is 1.92 bits per heavy atom. The molecule has 0 unspecified atom stereocenters. The molecular weight excluding hydrogens is 326 g/mol. The van der Waals surface area contributed by atoms with E-state index in [1.165, 1.54) is 0 Å². The van der Waals surface area contributed by atoms with E-state index in [0.29, 0.717) is 19.3 Å². The van der Waals surface area contributed by atoms with Crippen molar-refractivity contribution >= 4 is 6.29 Å². The monoisotopic (exact) mass is 356 g/mol. The van der Waals surface area contributed by atoms with Crippen molar-refractivity contribution < 1.29 is 9.72 Å². The average Bonchev–Trinajstić information content (AvgIpc) is 2.63. The fourth-order valence-corrected chi connectivity index (χ4v) is 1.98. The third-order valence-corrected chi connectivity index (χ3v) is 3.35. The molecule has 0 saturated heterocycles. The summed E-state index contributed by atoms with van der Waals surface area (Å²) in [6, 6.07) is 0. The molecule has 141 valence electrons. The van der Waals surface area contributed by atoms with Gasteiger partial charge in [0.05, 0.1) is 11.3 Å². The van der Waals surface area contributed by atoms with Crippen molar-refractivity contribution in [1.82, 2.24) is 0 Å². The van der Waals surface area contributed by atoms with Crippen LogP contribution in [0.2, 0.25) is 0 Å². The number of hydrogen-bond acceptors (Lipinski definition) is 3. The van der Waals surface area contributed by atoms with Crippen LogP contribution in [0.15, 0.2) is 72.5 Å². The van der Waals surface area contributed by atoms with Gasteiger partial charge in [-0.15, -0.1) is 0 Å². The standard InChI is InChI=1S/C22H30NO3/c1-2-3-4-16-19-22(23(25)26)20-17-14-12-10-8-6-5-7-9-11-13-15-18-21-24/h3-5,7-8,10-11,13-14,17,19H,2,6,9,12,15-16,18,20H2,1H3/b4-3+,7-5+,10-8+,13-11+,17-14+,22-19-. The van der Waals surface area contributed by atoms with E-state index in [2.05, 4.69) is 24.3 Å². The number of nitrogens with zero attached hydrogens (tertiary/aromatic N) is 1. The first-order valence-electron chi connectivity index (χ1n) is 9.15. The molecule has 0 aromatic carbocycles. The van der Waals surface area contributed by atoms with Crippen LogP contribution in [-0.2, 0) is 4.79 Å². The van der Waals surface area contributed by atoms with Gasteiger partial charge in [0.15, 0.2) is 6.29 Å². The van der Waals surface area contributed by atoms with Gasteiger partial charge >= 0.3 is 0 Å². The second-order valence-electron chi connectivity index (χ2n) is 5.55. The number of carbonyl (C=O) groups excluding carboxylic acids is 1. The molecule has 4 nitrogen and oxygen atoms in total. The summed E-state index contributed by atoms with van der Waals surface area (Å²) < 4.78 is 0. The molecule has 0 aromatic heterocycles. The molecule has 1 radical (unpaired) electrons. The van der Waals surface area contributed by atoms with Crippen LogP contribution in [-0.4, -0.2) is 11.2 Å². The van der Waals surface area contributed by atoms with Crippen LogP contribution in [0, 0.1) is 10.1 Å². The molecule has 0 heterocycles. The molecule has 0 bridgehead atoms. The molecule has 26 heavy (non-hydrogen) atoms. The highest BCUT2D eigenvalue weighted by Gasteiger charge is 2.06. The Labute approximate surface area is 157 Å². The van der Waals surface area contributed by atoms with Crippen LogP contribution in [0.5, 0.6) is 0 Å². The molecule has 0 spiro atoms. The lowest BCUT2D eigenvalue weighted by Gasteiger charge is -1.93. The number of nitro groups is 1. The Morgan fingerprint density at radius 2 is 1.38 bits per heavy atom. The Balaban J connectivity index is 3.94. The molecule has 0 atom stereocenters. The van der Waals surface area contributed by atoms with Crippen molar-refractivity contribution in [3.63, 3.8) is 0 Å². The molecule has 0 fully saturated rings. The molecule has 0 aliphatic rings. The molecule has 0 saturated carbocycles. The zero-order valence-electron chi connectivity index (χ0n) is 15.7. The van der Waals surface area contributed by atoms with Crippen LogP contribution in [0.1, 0.15) is 58.3 Å². The maximum Gasteiger partial charge on any atom is 0.246 e. The second kappa shape index (κ2) is 18.8. The molecule has 4 heteroatoms. The van der Waals surface area contributed by atoms with Gasteiger partial charge in [0.25, 0.3) is 0 Å². The molecule has 0 aromatic rings. The summed E-state index contributed by atoms with van der Waals surface area (Å²) >= 11 is 0. The summed E-state index contributed by atoms with van der Waals surface area (Å²) in [5.41, 5.74) is 0.244. The van der Waals surface area contributed by atoms with E-state index in [1.54, 1.807) is 6.08 Å². The van der Waals surface area contributed by atoms with E-state index in [4.69, 9.17) is 0 Å². The zero-order valence-corrected chi connectivity index (χ0v) is 15.7. The van der Waals surface area contributed by atoms with E-state index >= 15 is 0 Å². The average molecular weight is 356 g/mol. The van der Waals surface area contributed by atoms with Gasteiger partial charge in [-0.1, -0.05) is 67.7 Å². The highest BCUT2D eigenvalue weighted by Crippen LogP contribution is 2.06. The van der Waals surface area contributed by atoms with Crippen molar-refractivity contribution in [2.24, 2.45) is 0 Å². The smallest absolute Gasteiger partial charge is 0.246 e. The Kier molecular flexibility index (Phi) is 17.0. The molecule has 0 N–H and O–H groups in total. The van der Waals surface area contributed by atoms with Crippen LogP contribution in [0.3, 0.4) is 0 Å². The Bertz CT molecular complexity index is 552. The second-order valence-corrected chi connectivity index (χ2v) is 5.55. The topological polar surface area (TPSA) is 60.2 Å². The summed E-state index contributed by atoms with van der Waals surface area (Å²) in [5, 5.41) is 11.0. The maximum atomic E-state index is 11.0. The lowest BCUT2D eigenvalue weighted by Crippen LogP contribution is -1.97. The summed E-state index contributed by atoms with van der Waals surface area (Å²) in [7, 11) is 0. The van der Waals surface area contributed by atoms with Gasteiger partial charge in [-0.05, 0) is 44.6 Å². The largest absolute Gasteiger partial charge is 0.291 e. The minimum absolute atomic E-state index is 0.244. The molecule has 0 amide bonds. The van der Waals surface area contributed by atoms with Crippen molar-refractivity contribution in [1.29, 1.82) is 0 Å². The molecule has 0 aliphatic carbocycles. The minimum Gasteiger partial charge on any atom is -0.291 e. The van der Waals surface area contributed by atoms with Gasteiger partial charge in [0.2, 0.25) is 5.70 Å². The van der Waals surface area contributed by atoms with Gasteiger partial charge in [-0.25, -0.2) is 0 Å². The van der Waals surface area contributed by atoms with Crippen LogP contribution < -0.4 is 0 Å². The first kappa shape index (κ1) is 23.5. The number of rotatable bonds is 15. The molecule has 0 aliphatic heterocycles. The summed E-state index contributed by atoms with van der Waals surface area (Å²) in [6.45, 7) is 2.04. The zero-order chi connectivity index (χ0) is 19.3. The number of allylic oxidation sites excluding steroid dienone is 11. The lowest BCUT2D eigenvalue weighted by molar-refractivity contribution is -0.427. The van der Waals surface area contributed by atoms with Crippen LogP contribution >= 0.6 is 0 Å². The third-order valence-electron chi connectivity index (χ3n) is 3.35. The third kappa shape index (κ3) is 16.4. The highest BCUT2D eigenvalue weighted by atomic mass is 16.6. The Morgan fingerprint density at radius 1 is 0.846 bits per heavy atom. The number of unbranched alkanes of at least 4 members (excludes halogenated alkanes) is 1. The van der Waals surface area contributed by atoms with Crippen LogP contribution in [0.25, 0.3) is 0 Å². The van der Waals surface area contributed by atoms with Crippen molar-refractivity contribution in [2.75, 3.05) is 0 Å². The summed E-state index contributed by atoms with van der Waals surface area (Å²) in [4.78, 5) is 20.7. The maximum absolute atomic E-state index is 11.0. The SMILES string of the molecule is CC/C=C/C/C=C(/C/C=C/C/C=C/C/C=C/C/C=C/CC[C]=O)[N+](=O)[O-]. The fraction of sp³-hybridized carbons (Fsp3) is 0.409. The van der Waals surface area contributed by atoms with E-state index < -0.39 is 0 Å². The number of hydrogen-bond donors (Lipinski definition) is 0. The van der Waals surface area contributed by atoms with E-state index in [-0.39, 0.29) is 10.6 Å². The van der Waals surface area contributed by atoms with E-state index in [1.807, 2.05) is 49.7 Å². The van der Waals surface area contributed by atoms with E-state index in [9.17, 15) is 14.9 Å². The highest BCUT2D eigenvalue weighted by molar-refractivity contribution is 5.50. The van der Waals surface area contributed by atoms with Gasteiger partial charge < -0.3 is 0 Å². The summed E-state index contributed by atoms with van der Waals surface area (Å²) in [6.07, 6.45) is 29.3. The first-order chi connectivity index (χ1) is 12.7. The lowest BCUT2D eigenvalue weighted by atomic mass is 10.2. The molecular formula is C22H30NO3. The van der Waals surface area contributed by atoms with Crippen molar-refractivity contribution in [3.05, 3.63) is 82.6 Å². The van der Waals surface area contributed by atoms with Gasteiger partial charge in [0, 0.05) is 6.42 Å². The van der Waals surface area contributed by atoms with Gasteiger partial charge in [-0.2, -0.15) is 0 Å². The summed E-state index contributed by atoms with van der Waals surface area (Å²) in [5.74, 6) is 0. The predicted molar refractivity (Wildman–Crippen MR) is 109 cm³/mol. The Hall–Kier alpha value is -2.49. The minimum atomic E-state index is -0.309.